The third-order valence-electron chi connectivity index (χ3n) is 4.89. The van der Waals surface area contributed by atoms with Crippen LogP contribution in [0.2, 0.25) is 0 Å². The molecule has 1 saturated heterocycles. The van der Waals surface area contributed by atoms with Crippen LogP contribution in [0, 0.1) is 13.5 Å². The highest BCUT2D eigenvalue weighted by atomic mass is 32.2. The molecule has 0 atom stereocenters. The van der Waals surface area contributed by atoms with E-state index >= 15 is 0 Å². The summed E-state index contributed by atoms with van der Waals surface area (Å²) in [6, 6.07) is 6.38. The molecule has 3 aromatic heterocycles. The van der Waals surface area contributed by atoms with Crippen LogP contribution < -0.4 is 10.5 Å². The van der Waals surface area contributed by atoms with Crippen molar-refractivity contribution in [3.63, 3.8) is 0 Å². The summed E-state index contributed by atoms with van der Waals surface area (Å²) in [7, 11) is -3.64. The molecule has 0 bridgehead atoms. The molecule has 30 heavy (non-hydrogen) atoms. The van der Waals surface area contributed by atoms with E-state index in [1.165, 1.54) is 10.4 Å². The molecule has 4 rings (SSSR count). The van der Waals surface area contributed by atoms with Gasteiger partial charge in [0.25, 0.3) is 15.6 Å². The van der Waals surface area contributed by atoms with E-state index in [9.17, 15) is 13.2 Å². The molecular formula is C19H18N6O3S2. The van der Waals surface area contributed by atoms with Crippen molar-refractivity contribution in [1.29, 1.82) is 0 Å². The summed E-state index contributed by atoms with van der Waals surface area (Å²) in [4.78, 5) is 21.6. The Hall–Kier alpha value is -3.07. The SMILES string of the molecule is [C-]#[N+]c1ccncc1N1CCN(S(=O)(=O)c2ccc(-c3n[nH]c(=O)cc3C)s2)CC1. The Morgan fingerprint density at radius 1 is 1.20 bits per heavy atom. The van der Waals surface area contributed by atoms with E-state index in [-0.39, 0.29) is 9.77 Å². The van der Waals surface area contributed by atoms with Crippen molar-refractivity contribution < 1.29 is 8.42 Å². The summed E-state index contributed by atoms with van der Waals surface area (Å²) in [5.41, 5.74) is 2.18. The smallest absolute Gasteiger partial charge is 0.264 e. The van der Waals surface area contributed by atoms with Crippen molar-refractivity contribution in [3.8, 4) is 10.6 Å². The highest BCUT2D eigenvalue weighted by molar-refractivity contribution is 7.91. The van der Waals surface area contributed by atoms with Crippen LogP contribution in [0.4, 0.5) is 11.4 Å². The number of H-pyrrole nitrogens is 1. The first-order valence-corrected chi connectivity index (χ1v) is 11.4. The van der Waals surface area contributed by atoms with E-state index in [4.69, 9.17) is 6.57 Å². The quantitative estimate of drug-likeness (QED) is 0.622. The lowest BCUT2D eigenvalue weighted by Gasteiger charge is -2.35. The number of nitrogens with zero attached hydrogens (tertiary/aromatic N) is 5. The van der Waals surface area contributed by atoms with E-state index < -0.39 is 10.0 Å². The lowest BCUT2D eigenvalue weighted by atomic mass is 10.2. The van der Waals surface area contributed by atoms with Gasteiger partial charge in [-0.15, -0.1) is 11.3 Å². The van der Waals surface area contributed by atoms with Gasteiger partial charge in [0, 0.05) is 44.6 Å². The summed E-state index contributed by atoms with van der Waals surface area (Å²) < 4.78 is 27.9. The zero-order valence-electron chi connectivity index (χ0n) is 16.1. The van der Waals surface area contributed by atoms with E-state index in [1.54, 1.807) is 37.5 Å². The van der Waals surface area contributed by atoms with Gasteiger partial charge >= 0.3 is 0 Å². The van der Waals surface area contributed by atoms with E-state index in [2.05, 4.69) is 20.0 Å². The highest BCUT2D eigenvalue weighted by Crippen LogP contribution is 2.33. The summed E-state index contributed by atoms with van der Waals surface area (Å²) in [5.74, 6) is 0. The van der Waals surface area contributed by atoms with Crippen molar-refractivity contribution >= 4 is 32.7 Å². The predicted octanol–water partition coefficient (Wildman–Crippen LogP) is 2.26. The Balaban J connectivity index is 1.52. The fourth-order valence-corrected chi connectivity index (χ4v) is 6.28. The molecule has 1 N–H and O–H groups in total. The van der Waals surface area contributed by atoms with Crippen LogP contribution >= 0.6 is 11.3 Å². The molecule has 3 aromatic rings. The normalized spacial score (nSPS) is 15.1. The number of aryl methyl sites for hydroxylation is 1. The monoisotopic (exact) mass is 442 g/mol. The van der Waals surface area contributed by atoms with Crippen LogP contribution in [0.1, 0.15) is 5.56 Å². The van der Waals surface area contributed by atoms with Gasteiger partial charge in [0.05, 0.1) is 17.1 Å². The summed E-state index contributed by atoms with van der Waals surface area (Å²) in [6.07, 6.45) is 3.22. The van der Waals surface area contributed by atoms with Crippen molar-refractivity contribution in [2.75, 3.05) is 31.1 Å². The van der Waals surface area contributed by atoms with Crippen LogP contribution in [0.15, 0.2) is 45.7 Å². The molecule has 1 aliphatic heterocycles. The minimum Gasteiger partial charge on any atom is -0.376 e. The second-order valence-corrected chi connectivity index (χ2v) is 10.00. The minimum absolute atomic E-state index is 0.238. The Bertz CT molecular complexity index is 1280. The van der Waals surface area contributed by atoms with Crippen molar-refractivity contribution in [1.82, 2.24) is 19.5 Å². The molecule has 0 aromatic carbocycles. The largest absolute Gasteiger partial charge is 0.376 e. The maximum atomic E-state index is 13.1. The van der Waals surface area contributed by atoms with Gasteiger partial charge in [0.2, 0.25) is 5.69 Å². The van der Waals surface area contributed by atoms with Crippen molar-refractivity contribution in [3.05, 3.63) is 64.0 Å². The van der Waals surface area contributed by atoms with Crippen LogP contribution in [0.3, 0.4) is 0 Å². The summed E-state index contributed by atoms with van der Waals surface area (Å²) >= 11 is 1.13. The molecule has 11 heteroatoms. The summed E-state index contributed by atoms with van der Waals surface area (Å²) in [6.45, 7) is 10.7. The number of aromatic amines is 1. The van der Waals surface area contributed by atoms with Gasteiger partial charge in [-0.1, -0.05) is 0 Å². The second-order valence-electron chi connectivity index (χ2n) is 6.75. The van der Waals surface area contributed by atoms with Gasteiger partial charge in [-0.2, -0.15) is 9.40 Å². The van der Waals surface area contributed by atoms with Crippen molar-refractivity contribution in [2.24, 2.45) is 0 Å². The number of piperazine rings is 1. The Morgan fingerprint density at radius 3 is 2.67 bits per heavy atom. The molecule has 154 valence electrons. The minimum atomic E-state index is -3.64. The van der Waals surface area contributed by atoms with E-state index in [1.807, 2.05) is 4.90 Å². The van der Waals surface area contributed by atoms with Crippen LogP contribution in [-0.2, 0) is 10.0 Å². The predicted molar refractivity (Wildman–Crippen MR) is 114 cm³/mol. The molecule has 1 fully saturated rings. The molecule has 0 amide bonds. The Morgan fingerprint density at radius 2 is 1.97 bits per heavy atom. The highest BCUT2D eigenvalue weighted by Gasteiger charge is 2.30. The van der Waals surface area contributed by atoms with Gasteiger partial charge in [0.15, 0.2) is 0 Å². The molecule has 0 aliphatic carbocycles. The standard InChI is InChI=1S/C19H18N6O3S2/c1-13-11-17(26)22-23-19(13)16-3-4-18(29-16)30(27,28)25-9-7-24(8-10-25)15-12-21-6-5-14(15)20-2/h3-6,11-12H,7-10H2,1H3,(H,22,26). The fourth-order valence-electron chi connectivity index (χ4n) is 3.35. The zero-order chi connectivity index (χ0) is 21.3. The lowest BCUT2D eigenvalue weighted by Crippen LogP contribution is -2.48. The number of rotatable bonds is 4. The second kappa shape index (κ2) is 7.98. The maximum Gasteiger partial charge on any atom is 0.264 e. The molecule has 1 aliphatic rings. The van der Waals surface area contributed by atoms with Gasteiger partial charge < -0.3 is 4.90 Å². The molecule has 0 radical (unpaired) electrons. The lowest BCUT2D eigenvalue weighted by molar-refractivity contribution is 0.386. The Labute approximate surface area is 177 Å². The number of thiophene rings is 1. The number of hydrogen-bond donors (Lipinski definition) is 1. The molecule has 9 nitrogen and oxygen atoms in total. The average molecular weight is 443 g/mol. The average Bonchev–Trinajstić information content (AvgIpc) is 3.24. The van der Waals surface area contributed by atoms with E-state index in [0.717, 1.165) is 17.0 Å². The first-order valence-electron chi connectivity index (χ1n) is 9.13. The molecule has 4 heterocycles. The summed E-state index contributed by atoms with van der Waals surface area (Å²) in [5, 5.41) is 6.43. The van der Waals surface area contributed by atoms with Gasteiger partial charge in [0.1, 0.15) is 9.90 Å². The number of sulfonamides is 1. The first kappa shape index (κ1) is 20.2. The van der Waals surface area contributed by atoms with Gasteiger partial charge in [-0.3, -0.25) is 9.78 Å². The zero-order valence-corrected chi connectivity index (χ0v) is 17.7. The first-order chi connectivity index (χ1) is 14.4. The number of nitrogens with one attached hydrogen (secondary N) is 1. The van der Waals surface area contributed by atoms with Gasteiger partial charge in [-0.05, 0) is 30.7 Å². The van der Waals surface area contributed by atoms with Crippen LogP contribution in [0.5, 0.6) is 0 Å². The number of aromatic nitrogens is 3. The molecular weight excluding hydrogens is 424 g/mol. The molecule has 0 spiro atoms. The van der Waals surface area contributed by atoms with Gasteiger partial charge in [-0.25, -0.2) is 18.4 Å². The molecule has 0 saturated carbocycles. The third kappa shape index (κ3) is 3.72. The van der Waals surface area contributed by atoms with Crippen LogP contribution in [-0.4, -0.2) is 54.1 Å². The molecule has 0 unspecified atom stereocenters. The Kier molecular flexibility index (Phi) is 5.38. The fraction of sp³-hybridized carbons (Fsp3) is 0.263. The topological polar surface area (TPSA) is 104 Å². The van der Waals surface area contributed by atoms with Crippen molar-refractivity contribution in [2.45, 2.75) is 11.1 Å². The maximum absolute atomic E-state index is 13.1. The van der Waals surface area contributed by atoms with E-state index in [0.29, 0.717) is 48.0 Å². The number of anilines is 1. The number of hydrogen-bond acceptors (Lipinski definition) is 7. The third-order valence-corrected chi connectivity index (χ3v) is 8.34. The number of pyridine rings is 1. The van der Waals surface area contributed by atoms with Crippen LogP contribution in [0.25, 0.3) is 15.4 Å².